The highest BCUT2D eigenvalue weighted by Gasteiger charge is 2.27. The summed E-state index contributed by atoms with van der Waals surface area (Å²) in [5, 5.41) is 11.8. The van der Waals surface area contributed by atoms with E-state index in [0.717, 1.165) is 24.2 Å². The molecule has 1 atom stereocenters. The summed E-state index contributed by atoms with van der Waals surface area (Å²) < 4.78 is 0. The number of amides is 1. The molecule has 0 spiro atoms. The van der Waals surface area contributed by atoms with Gasteiger partial charge in [0.05, 0.1) is 5.56 Å². The third-order valence-electron chi connectivity index (χ3n) is 3.46. The maximum atomic E-state index is 11.9. The van der Waals surface area contributed by atoms with Gasteiger partial charge >= 0.3 is 5.97 Å². The maximum absolute atomic E-state index is 11.9. The highest BCUT2D eigenvalue weighted by atomic mass is 16.4. The van der Waals surface area contributed by atoms with E-state index in [9.17, 15) is 9.59 Å². The summed E-state index contributed by atoms with van der Waals surface area (Å²) in [6, 6.07) is 4.84. The van der Waals surface area contributed by atoms with Crippen molar-refractivity contribution in [2.45, 2.75) is 26.3 Å². The number of carboxylic acid groups (broad SMARTS) is 1. The fourth-order valence-corrected chi connectivity index (χ4v) is 2.43. The number of nitrogens with one attached hydrogen (secondary N) is 1. The van der Waals surface area contributed by atoms with Crippen molar-refractivity contribution in [3.05, 3.63) is 29.3 Å². The Labute approximate surface area is 112 Å². The number of hydrogen-bond acceptors (Lipinski definition) is 3. The lowest BCUT2D eigenvalue weighted by atomic mass is 10.1. The number of carboxylic acids is 1. The first kappa shape index (κ1) is 13.4. The average molecular weight is 262 g/mol. The molecule has 102 valence electrons. The second kappa shape index (κ2) is 5.30. The molecule has 0 aliphatic carbocycles. The number of carbonyl (C=O) groups excluding carboxylic acids is 1. The topological polar surface area (TPSA) is 69.6 Å². The van der Waals surface area contributed by atoms with Crippen LogP contribution in [0.15, 0.2) is 18.2 Å². The normalized spacial score (nSPS) is 14.9. The van der Waals surface area contributed by atoms with Crippen LogP contribution in [-0.4, -0.2) is 36.1 Å². The first-order valence-corrected chi connectivity index (χ1v) is 6.45. The molecule has 1 unspecified atom stereocenters. The number of hydrogen-bond donors (Lipinski definition) is 2. The van der Waals surface area contributed by atoms with E-state index >= 15 is 0 Å². The van der Waals surface area contributed by atoms with Gasteiger partial charge in [0.25, 0.3) is 0 Å². The van der Waals surface area contributed by atoms with Gasteiger partial charge in [-0.2, -0.15) is 0 Å². The summed E-state index contributed by atoms with van der Waals surface area (Å²) in [6.07, 6.45) is 0.778. The number of carbonyl (C=O) groups is 2. The Morgan fingerprint density at radius 2 is 2.21 bits per heavy atom. The highest BCUT2D eigenvalue weighted by Crippen LogP contribution is 2.30. The molecule has 2 rings (SSSR count). The fourth-order valence-electron chi connectivity index (χ4n) is 2.43. The summed E-state index contributed by atoms with van der Waals surface area (Å²) in [4.78, 5) is 24.8. The van der Waals surface area contributed by atoms with Crippen LogP contribution in [0.1, 0.15) is 29.8 Å². The van der Waals surface area contributed by atoms with E-state index < -0.39 is 5.97 Å². The molecule has 5 nitrogen and oxygen atoms in total. The van der Waals surface area contributed by atoms with Crippen molar-refractivity contribution in [1.29, 1.82) is 0 Å². The molecule has 0 saturated heterocycles. The molecule has 1 aromatic carbocycles. The Hall–Kier alpha value is -2.04. The van der Waals surface area contributed by atoms with Crippen LogP contribution in [0, 0.1) is 0 Å². The van der Waals surface area contributed by atoms with Crippen molar-refractivity contribution in [2.75, 3.05) is 18.0 Å². The van der Waals surface area contributed by atoms with Gasteiger partial charge in [-0.3, -0.25) is 4.79 Å². The van der Waals surface area contributed by atoms with E-state index in [0.29, 0.717) is 12.1 Å². The number of benzene rings is 1. The molecule has 0 saturated carbocycles. The number of fused-ring (bicyclic) bond motifs is 1. The van der Waals surface area contributed by atoms with Crippen molar-refractivity contribution in [2.24, 2.45) is 0 Å². The van der Waals surface area contributed by atoms with E-state index in [1.807, 2.05) is 18.7 Å². The minimum atomic E-state index is -0.918. The summed E-state index contributed by atoms with van der Waals surface area (Å²) in [5.74, 6) is -0.921. The lowest BCUT2D eigenvalue weighted by Gasteiger charge is -2.26. The number of nitrogens with zero attached hydrogens (tertiary/aromatic N) is 1. The Kier molecular flexibility index (Phi) is 3.74. The molecule has 0 radical (unpaired) electrons. The van der Waals surface area contributed by atoms with Gasteiger partial charge in [0, 0.05) is 18.8 Å². The quantitative estimate of drug-likeness (QED) is 0.857. The van der Waals surface area contributed by atoms with Crippen LogP contribution in [0.5, 0.6) is 0 Å². The zero-order valence-corrected chi connectivity index (χ0v) is 11.1. The molecule has 0 aromatic heterocycles. The van der Waals surface area contributed by atoms with Crippen molar-refractivity contribution >= 4 is 17.6 Å². The fraction of sp³-hybridized carbons (Fsp3) is 0.429. The van der Waals surface area contributed by atoms with Crippen molar-refractivity contribution < 1.29 is 14.7 Å². The molecular formula is C14H18N2O3. The van der Waals surface area contributed by atoms with E-state index in [4.69, 9.17) is 5.11 Å². The average Bonchev–Trinajstić information content (AvgIpc) is 2.80. The van der Waals surface area contributed by atoms with Crippen LogP contribution >= 0.6 is 0 Å². The van der Waals surface area contributed by atoms with E-state index in [2.05, 4.69) is 5.32 Å². The van der Waals surface area contributed by atoms with Gasteiger partial charge in [0.15, 0.2) is 0 Å². The molecular weight excluding hydrogens is 244 g/mol. The van der Waals surface area contributed by atoms with Crippen LogP contribution in [0.4, 0.5) is 5.69 Å². The molecule has 19 heavy (non-hydrogen) atoms. The molecule has 2 N–H and O–H groups in total. The zero-order valence-electron chi connectivity index (χ0n) is 11.1. The van der Waals surface area contributed by atoms with Gasteiger partial charge in [-0.1, -0.05) is 0 Å². The predicted octanol–water partition coefficient (Wildman–Crippen LogP) is 1.27. The van der Waals surface area contributed by atoms with Crippen LogP contribution in [0.2, 0.25) is 0 Å². The summed E-state index contributed by atoms with van der Waals surface area (Å²) >= 11 is 0. The molecule has 1 aromatic rings. The zero-order chi connectivity index (χ0) is 14.0. The van der Waals surface area contributed by atoms with Gasteiger partial charge in [0.1, 0.15) is 6.04 Å². The smallest absolute Gasteiger partial charge is 0.335 e. The van der Waals surface area contributed by atoms with E-state index in [1.165, 1.54) is 0 Å². The third kappa shape index (κ3) is 2.54. The Morgan fingerprint density at radius 3 is 2.84 bits per heavy atom. The van der Waals surface area contributed by atoms with Crippen LogP contribution in [0.3, 0.4) is 0 Å². The van der Waals surface area contributed by atoms with Gasteiger partial charge in [0.2, 0.25) is 5.91 Å². The number of likely N-dealkylation sites (N-methyl/N-ethyl adjacent to an activating group) is 1. The standard InChI is InChI=1S/C14H18N2O3/c1-3-15-13(17)9(2)16-7-6-10-8-11(14(18)19)4-5-12(10)16/h4-5,8-9H,3,6-7H2,1-2H3,(H,15,17)(H,18,19). The van der Waals surface area contributed by atoms with Crippen molar-refractivity contribution in [1.82, 2.24) is 5.32 Å². The Balaban J connectivity index is 2.22. The molecule has 0 bridgehead atoms. The predicted molar refractivity (Wildman–Crippen MR) is 72.6 cm³/mol. The number of rotatable bonds is 4. The highest BCUT2D eigenvalue weighted by molar-refractivity contribution is 5.90. The largest absolute Gasteiger partial charge is 0.478 e. The van der Waals surface area contributed by atoms with Crippen LogP contribution in [-0.2, 0) is 11.2 Å². The van der Waals surface area contributed by atoms with E-state index in [1.54, 1.807) is 18.2 Å². The molecule has 1 amide bonds. The Bertz CT molecular complexity index is 513. The summed E-state index contributed by atoms with van der Waals surface area (Å²) in [5.41, 5.74) is 2.26. The first-order chi connectivity index (χ1) is 9.04. The first-order valence-electron chi connectivity index (χ1n) is 6.45. The minimum absolute atomic E-state index is 0.00217. The molecule has 1 heterocycles. The second-order valence-electron chi connectivity index (χ2n) is 4.66. The van der Waals surface area contributed by atoms with Gasteiger partial charge in [-0.05, 0) is 44.0 Å². The molecule has 1 aliphatic heterocycles. The maximum Gasteiger partial charge on any atom is 0.335 e. The summed E-state index contributed by atoms with van der Waals surface area (Å²) in [7, 11) is 0. The van der Waals surface area contributed by atoms with Gasteiger partial charge < -0.3 is 15.3 Å². The number of aromatic carboxylic acids is 1. The van der Waals surface area contributed by atoms with Gasteiger partial charge in [-0.25, -0.2) is 4.79 Å². The lowest BCUT2D eigenvalue weighted by molar-refractivity contribution is -0.121. The van der Waals surface area contributed by atoms with Crippen molar-refractivity contribution in [3.8, 4) is 0 Å². The SMILES string of the molecule is CCNC(=O)C(C)N1CCc2cc(C(=O)O)ccc21. The Morgan fingerprint density at radius 1 is 1.47 bits per heavy atom. The van der Waals surface area contributed by atoms with Gasteiger partial charge in [-0.15, -0.1) is 0 Å². The van der Waals surface area contributed by atoms with Crippen LogP contribution < -0.4 is 10.2 Å². The minimum Gasteiger partial charge on any atom is -0.478 e. The monoisotopic (exact) mass is 262 g/mol. The lowest BCUT2D eigenvalue weighted by Crippen LogP contribution is -2.44. The molecule has 0 fully saturated rings. The van der Waals surface area contributed by atoms with E-state index in [-0.39, 0.29) is 11.9 Å². The molecule has 1 aliphatic rings. The second-order valence-corrected chi connectivity index (χ2v) is 4.66. The third-order valence-corrected chi connectivity index (χ3v) is 3.46. The summed E-state index contributed by atoms with van der Waals surface area (Å²) in [6.45, 7) is 5.12. The van der Waals surface area contributed by atoms with Crippen molar-refractivity contribution in [3.63, 3.8) is 0 Å². The number of anilines is 1. The van der Waals surface area contributed by atoms with Crippen LogP contribution in [0.25, 0.3) is 0 Å². The molecule has 5 heteroatoms.